The molecule has 32 heavy (non-hydrogen) atoms. The number of carboxylic acid groups (broad SMARTS) is 1. The zero-order valence-electron chi connectivity index (χ0n) is 18.6. The van der Waals surface area contributed by atoms with Gasteiger partial charge in [0.05, 0.1) is 18.5 Å². The summed E-state index contributed by atoms with van der Waals surface area (Å²) < 4.78 is 12.1. The van der Waals surface area contributed by atoms with Crippen LogP contribution in [0.25, 0.3) is 5.69 Å². The third kappa shape index (κ3) is 5.87. The van der Waals surface area contributed by atoms with Gasteiger partial charge in [0.2, 0.25) is 0 Å². The van der Waals surface area contributed by atoms with Gasteiger partial charge in [0.25, 0.3) is 0 Å². The number of carbonyl (C=O) groups excluding carboxylic acids is 1. The van der Waals surface area contributed by atoms with Crippen LogP contribution < -0.4 is 14.8 Å². The Kier molecular flexibility index (Phi) is 6.82. The second-order valence-electron chi connectivity index (χ2n) is 8.33. The number of ether oxygens (including phenoxy) is 2. The summed E-state index contributed by atoms with van der Waals surface area (Å²) in [6, 6.07) is 15.9. The Morgan fingerprint density at radius 3 is 2.38 bits per heavy atom. The molecule has 1 aromatic heterocycles. The van der Waals surface area contributed by atoms with Crippen molar-refractivity contribution in [2.75, 3.05) is 12.4 Å². The van der Waals surface area contributed by atoms with Crippen molar-refractivity contribution in [2.45, 2.75) is 39.0 Å². The Balaban J connectivity index is 1.86. The lowest BCUT2D eigenvalue weighted by Gasteiger charge is -2.14. The molecule has 0 saturated heterocycles. The molecule has 0 atom stereocenters. The quantitative estimate of drug-likeness (QED) is 0.550. The molecule has 3 aromatic rings. The smallest absolute Gasteiger partial charge is 0.418 e. The summed E-state index contributed by atoms with van der Waals surface area (Å²) in [6.07, 6.45) is -0.215. The van der Waals surface area contributed by atoms with Gasteiger partial charge in [-0.25, -0.2) is 9.48 Å². The Labute approximate surface area is 186 Å². The van der Waals surface area contributed by atoms with Crippen LogP contribution in [0.4, 0.5) is 10.6 Å². The van der Waals surface area contributed by atoms with Crippen LogP contribution in [-0.4, -0.2) is 34.1 Å². The van der Waals surface area contributed by atoms with Crippen LogP contribution in [0.15, 0.2) is 54.6 Å². The van der Waals surface area contributed by atoms with Crippen LogP contribution in [0.2, 0.25) is 0 Å². The average molecular weight is 437 g/mol. The third-order valence-corrected chi connectivity index (χ3v) is 4.76. The normalized spacial score (nSPS) is 11.1. The molecule has 0 aliphatic heterocycles. The van der Waals surface area contributed by atoms with Gasteiger partial charge in [-0.15, -0.1) is 0 Å². The number of hydrogen-bond donors (Lipinski definition) is 2. The highest BCUT2D eigenvalue weighted by Crippen LogP contribution is 2.27. The number of nitrogens with one attached hydrogen (secondary N) is 1. The maximum Gasteiger partial charge on any atom is 0.418 e. The van der Waals surface area contributed by atoms with Crippen molar-refractivity contribution in [3.05, 3.63) is 65.9 Å². The number of aryl methyl sites for hydroxylation is 1. The number of methoxy groups -OCH3 is 1. The summed E-state index contributed by atoms with van der Waals surface area (Å²) in [5, 5.41) is 16.4. The van der Waals surface area contributed by atoms with Gasteiger partial charge in [0.15, 0.2) is 0 Å². The molecule has 0 bridgehead atoms. The summed E-state index contributed by atoms with van der Waals surface area (Å²) in [4.78, 5) is 23.5. The van der Waals surface area contributed by atoms with Crippen molar-refractivity contribution in [3.8, 4) is 17.2 Å². The van der Waals surface area contributed by atoms with Crippen molar-refractivity contribution < 1.29 is 24.2 Å². The van der Waals surface area contributed by atoms with Crippen LogP contribution in [-0.2, 0) is 16.6 Å². The highest BCUT2D eigenvalue weighted by atomic mass is 16.6. The number of nitrogens with zero attached hydrogens (tertiary/aromatic N) is 2. The van der Waals surface area contributed by atoms with E-state index >= 15 is 0 Å². The van der Waals surface area contributed by atoms with Gasteiger partial charge < -0.3 is 14.6 Å². The Bertz CT molecular complexity index is 1100. The van der Waals surface area contributed by atoms with Gasteiger partial charge >= 0.3 is 12.1 Å². The third-order valence-electron chi connectivity index (χ3n) is 4.76. The largest absolute Gasteiger partial charge is 0.497 e. The second-order valence-corrected chi connectivity index (χ2v) is 8.33. The number of carbonyl (C=O) groups is 2. The van der Waals surface area contributed by atoms with E-state index in [1.165, 1.54) is 0 Å². The fourth-order valence-corrected chi connectivity index (χ4v) is 3.01. The lowest BCUT2D eigenvalue weighted by Crippen LogP contribution is -2.19. The molecular formula is C24H27N3O5. The topological polar surface area (TPSA) is 103 Å². The van der Waals surface area contributed by atoms with Crippen molar-refractivity contribution in [1.82, 2.24) is 9.78 Å². The lowest BCUT2D eigenvalue weighted by molar-refractivity contribution is -0.136. The van der Waals surface area contributed by atoms with Crippen LogP contribution in [0.1, 0.15) is 38.4 Å². The first-order valence-electron chi connectivity index (χ1n) is 10.2. The van der Waals surface area contributed by atoms with E-state index in [0.717, 1.165) is 11.3 Å². The molecule has 0 unspecified atom stereocenters. The summed E-state index contributed by atoms with van der Waals surface area (Å²) >= 11 is 0. The van der Waals surface area contributed by atoms with Crippen LogP contribution in [0, 0.1) is 0 Å². The molecule has 3 rings (SSSR count). The van der Waals surface area contributed by atoms with Crippen LogP contribution >= 0.6 is 0 Å². The molecule has 8 nitrogen and oxygen atoms in total. The molecule has 2 N–H and O–H groups in total. The van der Waals surface area contributed by atoms with Crippen molar-refractivity contribution in [3.63, 3.8) is 0 Å². The first-order chi connectivity index (χ1) is 15.2. The van der Waals surface area contributed by atoms with E-state index in [0.29, 0.717) is 29.4 Å². The Hall–Kier alpha value is -3.81. The van der Waals surface area contributed by atoms with Gasteiger partial charge in [-0.1, -0.05) is 32.9 Å². The van der Waals surface area contributed by atoms with Crippen molar-refractivity contribution in [1.29, 1.82) is 0 Å². The molecule has 1 amide bonds. The average Bonchev–Trinajstić information content (AvgIpc) is 3.17. The molecule has 2 aromatic carbocycles. The predicted molar refractivity (Wildman–Crippen MR) is 121 cm³/mol. The van der Waals surface area contributed by atoms with E-state index in [4.69, 9.17) is 14.6 Å². The van der Waals surface area contributed by atoms with E-state index in [9.17, 15) is 9.59 Å². The highest BCUT2D eigenvalue weighted by Gasteiger charge is 2.22. The number of aromatic nitrogens is 2. The Morgan fingerprint density at radius 1 is 1.06 bits per heavy atom. The van der Waals surface area contributed by atoms with Crippen molar-refractivity contribution in [2.24, 2.45) is 0 Å². The molecule has 0 spiro atoms. The number of anilines is 1. The van der Waals surface area contributed by atoms with E-state index in [1.807, 2.05) is 45.0 Å². The minimum absolute atomic E-state index is 0.0368. The summed E-state index contributed by atoms with van der Waals surface area (Å²) in [5.74, 6) is 0.631. The number of aliphatic carboxylic acids is 1. The minimum atomic E-state index is -0.854. The monoisotopic (exact) mass is 437 g/mol. The molecule has 0 aliphatic carbocycles. The maximum atomic E-state index is 12.6. The molecule has 8 heteroatoms. The Morgan fingerprint density at radius 2 is 1.75 bits per heavy atom. The molecule has 0 aliphatic rings. The van der Waals surface area contributed by atoms with Gasteiger partial charge in [-0.05, 0) is 48.4 Å². The molecule has 0 radical (unpaired) electrons. The standard InChI is InChI=1S/C24H27N3O5/c1-24(2,3)20-15-21(25-23(30)32-19-11-9-18(31-4)10-12-19)27(26-20)17-7-5-6-16(14-17)8-13-22(28)29/h5-7,9-12,14-15H,8,13H2,1-4H3,(H,25,30)(H,28,29). The van der Waals surface area contributed by atoms with E-state index in [2.05, 4.69) is 10.4 Å². The van der Waals surface area contributed by atoms with E-state index < -0.39 is 12.1 Å². The zero-order valence-corrected chi connectivity index (χ0v) is 18.6. The molecular weight excluding hydrogens is 410 g/mol. The number of carboxylic acids is 1. The first-order valence-corrected chi connectivity index (χ1v) is 10.2. The fraction of sp³-hybridized carbons (Fsp3) is 0.292. The van der Waals surface area contributed by atoms with Gasteiger partial charge in [0, 0.05) is 17.9 Å². The van der Waals surface area contributed by atoms with Crippen LogP contribution in [0.3, 0.4) is 0 Å². The lowest BCUT2D eigenvalue weighted by atomic mass is 9.92. The van der Waals surface area contributed by atoms with Gasteiger partial charge in [-0.3, -0.25) is 10.1 Å². The highest BCUT2D eigenvalue weighted by molar-refractivity contribution is 5.85. The SMILES string of the molecule is COc1ccc(OC(=O)Nc2cc(C(C)(C)C)nn2-c2cccc(CCC(=O)O)c2)cc1. The maximum absolute atomic E-state index is 12.6. The fourth-order valence-electron chi connectivity index (χ4n) is 3.01. The summed E-state index contributed by atoms with van der Waals surface area (Å²) in [5.41, 5.74) is 2.11. The van der Waals surface area contributed by atoms with Gasteiger partial charge in [-0.2, -0.15) is 5.10 Å². The summed E-state index contributed by atoms with van der Waals surface area (Å²) in [6.45, 7) is 6.09. The van der Waals surface area contributed by atoms with Gasteiger partial charge in [0.1, 0.15) is 17.3 Å². The molecule has 0 saturated carbocycles. The minimum Gasteiger partial charge on any atom is -0.497 e. The predicted octanol–water partition coefficient (Wildman–Crippen LogP) is 4.81. The number of rotatable bonds is 7. The number of amides is 1. The van der Waals surface area contributed by atoms with Crippen LogP contribution in [0.5, 0.6) is 11.5 Å². The summed E-state index contributed by atoms with van der Waals surface area (Å²) in [7, 11) is 1.56. The van der Waals surface area contributed by atoms with E-state index in [1.54, 1.807) is 42.1 Å². The van der Waals surface area contributed by atoms with Crippen molar-refractivity contribution >= 4 is 17.9 Å². The zero-order chi connectivity index (χ0) is 23.3. The first kappa shape index (κ1) is 22.9. The van der Waals surface area contributed by atoms with E-state index in [-0.39, 0.29) is 11.8 Å². The molecule has 168 valence electrons. The number of hydrogen-bond acceptors (Lipinski definition) is 5. The molecule has 1 heterocycles. The molecule has 0 fully saturated rings. The number of benzene rings is 2. The second kappa shape index (κ2) is 9.55.